The summed E-state index contributed by atoms with van der Waals surface area (Å²) in [4.78, 5) is 0. The molecule has 0 N–H and O–H groups in total. The molecule has 0 saturated carbocycles. The summed E-state index contributed by atoms with van der Waals surface area (Å²) < 4.78 is 19.4. The third-order valence-corrected chi connectivity index (χ3v) is 7.61. The first-order valence-corrected chi connectivity index (χ1v) is 15.3. The van der Waals surface area contributed by atoms with E-state index in [2.05, 4.69) is 18.2 Å². The maximum absolute atomic E-state index is 6.51. The van der Waals surface area contributed by atoms with Crippen LogP contribution in [0.1, 0.15) is 154 Å². The van der Waals surface area contributed by atoms with Crippen LogP contribution in [0.25, 0.3) is 0 Å². The fourth-order valence-electron chi connectivity index (χ4n) is 5.39. The van der Waals surface area contributed by atoms with Gasteiger partial charge in [-0.25, -0.2) is 0 Å². The molecule has 0 aromatic heterocycles. The van der Waals surface area contributed by atoms with Gasteiger partial charge >= 0.3 is 6.29 Å². The second-order valence-corrected chi connectivity index (χ2v) is 10.9. The fourth-order valence-corrected chi connectivity index (χ4v) is 5.39. The molecule has 3 rings (SSSR count). The minimum atomic E-state index is 0.403. The van der Waals surface area contributed by atoms with Gasteiger partial charge in [0.2, 0.25) is 0 Å². The van der Waals surface area contributed by atoms with Crippen LogP contribution in [0.3, 0.4) is 0 Å². The van der Waals surface area contributed by atoms with E-state index in [1.165, 1.54) is 116 Å². The zero-order chi connectivity index (χ0) is 24.2. The van der Waals surface area contributed by atoms with E-state index in [0.29, 0.717) is 12.9 Å². The summed E-state index contributed by atoms with van der Waals surface area (Å²) >= 11 is 0. The average Bonchev–Trinajstić information content (AvgIpc) is 2.89. The van der Waals surface area contributed by atoms with Gasteiger partial charge in [-0.15, -0.1) is 0 Å². The molecule has 0 aromatic rings. The van der Waals surface area contributed by atoms with E-state index in [1.54, 1.807) is 0 Å². The van der Waals surface area contributed by atoms with Gasteiger partial charge in [-0.05, 0) is 76.0 Å². The van der Waals surface area contributed by atoms with Crippen molar-refractivity contribution in [1.82, 2.24) is 0 Å². The summed E-state index contributed by atoms with van der Waals surface area (Å²) in [6, 6.07) is 0. The molecule has 199 valence electrons. The number of allylic oxidation sites excluding steroid dienone is 6. The number of ether oxygens (including phenoxy) is 3. The molecule has 3 heteroatoms. The third kappa shape index (κ3) is 13.5. The monoisotopic (exact) mass is 485 g/mol. The van der Waals surface area contributed by atoms with Gasteiger partial charge in [0.1, 0.15) is 0 Å². The Hall–Kier alpha value is -1.38. The Labute approximate surface area is 216 Å². The van der Waals surface area contributed by atoms with Crippen molar-refractivity contribution in [3.8, 4) is 0 Å². The summed E-state index contributed by atoms with van der Waals surface area (Å²) in [5, 5.41) is 0. The van der Waals surface area contributed by atoms with E-state index < -0.39 is 0 Å². The summed E-state index contributed by atoms with van der Waals surface area (Å²) in [7, 11) is 0. The Bertz CT molecular complexity index is 597. The molecule has 1 radical (unpaired) electrons. The lowest BCUT2D eigenvalue weighted by molar-refractivity contribution is -0.0295. The standard InChI is InChI=1S/C32H53O3/c1-4-10-16-22-29(23-17-11-5-1)33-28-32(34-30-24-18-12-6-2-7-13-19-25-30)35-31-26-20-14-8-3-9-15-21-27-31/h22,24,26H,1-21,23,25,27-28H2/b29-22+,30-24+,31-26+. The highest BCUT2D eigenvalue weighted by Gasteiger charge is 2.21. The van der Waals surface area contributed by atoms with E-state index in [1.807, 2.05) is 0 Å². The first-order chi connectivity index (χ1) is 17.4. The Morgan fingerprint density at radius 3 is 1.23 bits per heavy atom. The highest BCUT2D eigenvalue weighted by Crippen LogP contribution is 2.27. The predicted octanol–water partition coefficient (Wildman–Crippen LogP) is 10.6. The maximum atomic E-state index is 6.51. The molecule has 0 bridgehead atoms. The minimum Gasteiger partial charge on any atom is -0.490 e. The average molecular weight is 486 g/mol. The second-order valence-electron chi connectivity index (χ2n) is 10.9. The summed E-state index contributed by atoms with van der Waals surface area (Å²) in [5.41, 5.74) is 0. The quantitative estimate of drug-likeness (QED) is 0.359. The maximum Gasteiger partial charge on any atom is 0.368 e. The Balaban J connectivity index is 1.64. The molecule has 0 fully saturated rings. The molecule has 0 unspecified atom stereocenters. The van der Waals surface area contributed by atoms with Crippen molar-refractivity contribution in [2.24, 2.45) is 0 Å². The van der Waals surface area contributed by atoms with Gasteiger partial charge in [-0.1, -0.05) is 77.0 Å². The van der Waals surface area contributed by atoms with Gasteiger partial charge in [-0.2, -0.15) is 0 Å². The molecule has 0 amide bonds. The van der Waals surface area contributed by atoms with Crippen LogP contribution in [0.5, 0.6) is 0 Å². The molecule has 3 aliphatic carbocycles. The van der Waals surface area contributed by atoms with Crippen molar-refractivity contribution in [1.29, 1.82) is 0 Å². The van der Waals surface area contributed by atoms with Gasteiger partial charge in [0.05, 0.1) is 17.3 Å². The predicted molar refractivity (Wildman–Crippen MR) is 146 cm³/mol. The molecule has 0 atom stereocenters. The summed E-state index contributed by atoms with van der Waals surface area (Å²) in [6.45, 7) is 0.403. The minimum absolute atomic E-state index is 0.403. The lowest BCUT2D eigenvalue weighted by Gasteiger charge is -2.23. The Kier molecular flexibility index (Phi) is 15.2. The number of rotatable bonds is 7. The van der Waals surface area contributed by atoms with E-state index in [-0.39, 0.29) is 0 Å². The normalized spacial score (nSPS) is 27.2. The molecule has 0 saturated heterocycles. The lowest BCUT2D eigenvalue weighted by atomic mass is 10.0. The van der Waals surface area contributed by atoms with Crippen LogP contribution in [0.15, 0.2) is 35.5 Å². The summed E-state index contributed by atoms with van der Waals surface area (Å²) in [6.07, 6.45) is 37.6. The third-order valence-electron chi connectivity index (χ3n) is 7.61. The van der Waals surface area contributed by atoms with E-state index in [9.17, 15) is 0 Å². The van der Waals surface area contributed by atoms with Gasteiger partial charge in [0.15, 0.2) is 6.61 Å². The highest BCUT2D eigenvalue weighted by molar-refractivity contribution is 5.01. The number of hydrogen-bond donors (Lipinski definition) is 0. The van der Waals surface area contributed by atoms with E-state index in [0.717, 1.165) is 55.8 Å². The molecule has 0 aliphatic heterocycles. The molecule has 35 heavy (non-hydrogen) atoms. The van der Waals surface area contributed by atoms with Gasteiger partial charge in [0.25, 0.3) is 0 Å². The highest BCUT2D eigenvalue weighted by atomic mass is 16.7. The van der Waals surface area contributed by atoms with Gasteiger partial charge in [0, 0.05) is 19.3 Å². The topological polar surface area (TPSA) is 27.7 Å². The van der Waals surface area contributed by atoms with Crippen LogP contribution in [0.4, 0.5) is 0 Å². The number of hydrogen-bond acceptors (Lipinski definition) is 3. The van der Waals surface area contributed by atoms with Crippen molar-refractivity contribution < 1.29 is 14.2 Å². The van der Waals surface area contributed by atoms with Crippen LogP contribution in [0.2, 0.25) is 0 Å². The Morgan fingerprint density at radius 1 is 0.429 bits per heavy atom. The molecular formula is C32H53O3. The smallest absolute Gasteiger partial charge is 0.368 e. The van der Waals surface area contributed by atoms with Crippen LogP contribution in [-0.4, -0.2) is 6.61 Å². The molecular weight excluding hydrogens is 432 g/mol. The van der Waals surface area contributed by atoms with Crippen LogP contribution >= 0.6 is 0 Å². The molecule has 0 heterocycles. The lowest BCUT2D eigenvalue weighted by Crippen LogP contribution is -2.16. The molecule has 0 spiro atoms. The van der Waals surface area contributed by atoms with Crippen molar-refractivity contribution in [3.63, 3.8) is 0 Å². The second kappa shape index (κ2) is 18.8. The van der Waals surface area contributed by atoms with Crippen molar-refractivity contribution in [2.75, 3.05) is 6.61 Å². The van der Waals surface area contributed by atoms with Crippen molar-refractivity contribution in [3.05, 3.63) is 41.8 Å². The van der Waals surface area contributed by atoms with E-state index in [4.69, 9.17) is 14.2 Å². The first kappa shape index (κ1) is 28.2. The van der Waals surface area contributed by atoms with Crippen LogP contribution < -0.4 is 0 Å². The van der Waals surface area contributed by atoms with E-state index >= 15 is 0 Å². The fraction of sp³-hybridized carbons (Fsp3) is 0.781. The Morgan fingerprint density at radius 2 is 0.771 bits per heavy atom. The molecule has 0 aromatic carbocycles. The molecule has 3 nitrogen and oxygen atoms in total. The van der Waals surface area contributed by atoms with Crippen molar-refractivity contribution in [2.45, 2.75) is 154 Å². The zero-order valence-electron chi connectivity index (χ0n) is 22.6. The molecule has 3 aliphatic rings. The van der Waals surface area contributed by atoms with Gasteiger partial charge < -0.3 is 14.2 Å². The zero-order valence-corrected chi connectivity index (χ0v) is 22.6. The SMILES string of the molecule is C1=C(/OC[C](O/C2=C/CCCCCCCC2)O/C2=C/CCCCCCCC2)CCCCCCCC/1. The first-order valence-electron chi connectivity index (χ1n) is 15.3. The van der Waals surface area contributed by atoms with Crippen LogP contribution in [0, 0.1) is 6.29 Å². The van der Waals surface area contributed by atoms with Crippen LogP contribution in [-0.2, 0) is 14.2 Å². The van der Waals surface area contributed by atoms with Crippen molar-refractivity contribution >= 4 is 0 Å². The largest absolute Gasteiger partial charge is 0.490 e. The van der Waals surface area contributed by atoms with Gasteiger partial charge in [-0.3, -0.25) is 0 Å². The summed E-state index contributed by atoms with van der Waals surface area (Å²) in [5.74, 6) is 3.31.